The van der Waals surface area contributed by atoms with E-state index in [1.54, 1.807) is 9.58 Å². The molecule has 0 saturated carbocycles. The van der Waals surface area contributed by atoms with Crippen molar-refractivity contribution in [3.63, 3.8) is 0 Å². The first-order valence-corrected chi connectivity index (χ1v) is 9.56. The number of ether oxygens (including phenoxy) is 2. The highest BCUT2D eigenvalue weighted by Crippen LogP contribution is 2.22. The second-order valence-corrected chi connectivity index (χ2v) is 6.82. The van der Waals surface area contributed by atoms with Gasteiger partial charge in [-0.15, -0.1) is 0 Å². The maximum Gasteiger partial charge on any atom is 0.274 e. The Morgan fingerprint density at radius 1 is 1.21 bits per heavy atom. The third kappa shape index (κ3) is 4.13. The van der Waals surface area contributed by atoms with Gasteiger partial charge in [0.2, 0.25) is 0 Å². The van der Waals surface area contributed by atoms with Crippen LogP contribution in [0.25, 0.3) is 0 Å². The molecule has 29 heavy (non-hydrogen) atoms. The summed E-state index contributed by atoms with van der Waals surface area (Å²) in [7, 11) is 0. The Bertz CT molecular complexity index is 910. The van der Waals surface area contributed by atoms with E-state index in [4.69, 9.17) is 9.47 Å². The summed E-state index contributed by atoms with van der Waals surface area (Å²) in [6.07, 6.45) is 3.01. The van der Waals surface area contributed by atoms with Crippen molar-refractivity contribution in [2.45, 2.75) is 19.6 Å². The van der Waals surface area contributed by atoms with Crippen molar-refractivity contribution in [2.24, 2.45) is 0 Å². The van der Waals surface area contributed by atoms with Crippen molar-refractivity contribution in [1.82, 2.24) is 25.0 Å². The molecule has 10 heteroatoms. The van der Waals surface area contributed by atoms with E-state index < -0.39 is 11.7 Å². The van der Waals surface area contributed by atoms with Crippen LogP contribution in [0.5, 0.6) is 0 Å². The Morgan fingerprint density at radius 2 is 2.03 bits per heavy atom. The number of fused-ring (bicyclic) bond motifs is 1. The van der Waals surface area contributed by atoms with Crippen LogP contribution in [0.4, 0.5) is 4.39 Å². The highest BCUT2D eigenvalue weighted by atomic mass is 19.1. The Morgan fingerprint density at radius 3 is 2.83 bits per heavy atom. The van der Waals surface area contributed by atoms with Gasteiger partial charge in [0.05, 0.1) is 44.7 Å². The van der Waals surface area contributed by atoms with Crippen LogP contribution in [-0.4, -0.2) is 70.9 Å². The Labute approximate surface area is 166 Å². The number of carbonyl (C=O) groups is 2. The molecule has 2 aliphatic heterocycles. The molecule has 9 nitrogen and oxygen atoms in total. The molecule has 1 N–H and O–H groups in total. The lowest BCUT2D eigenvalue weighted by Gasteiger charge is -2.26. The van der Waals surface area contributed by atoms with Gasteiger partial charge in [0.1, 0.15) is 0 Å². The minimum Gasteiger partial charge on any atom is -0.378 e. The van der Waals surface area contributed by atoms with Crippen LogP contribution in [0.2, 0.25) is 0 Å². The Kier molecular flexibility index (Phi) is 5.81. The van der Waals surface area contributed by atoms with Crippen molar-refractivity contribution < 1.29 is 23.5 Å². The molecule has 0 spiro atoms. The van der Waals surface area contributed by atoms with Crippen LogP contribution >= 0.6 is 0 Å². The highest BCUT2D eigenvalue weighted by Gasteiger charge is 2.29. The summed E-state index contributed by atoms with van der Waals surface area (Å²) in [5.41, 5.74) is 2.09. The number of hydrogen-bond donors (Lipinski definition) is 1. The predicted molar refractivity (Wildman–Crippen MR) is 98.8 cm³/mol. The van der Waals surface area contributed by atoms with E-state index in [1.165, 1.54) is 12.3 Å². The molecule has 2 aromatic heterocycles. The summed E-state index contributed by atoms with van der Waals surface area (Å²) in [5, 5.41) is 7.21. The highest BCUT2D eigenvalue weighted by molar-refractivity contribution is 5.94. The van der Waals surface area contributed by atoms with E-state index in [9.17, 15) is 14.0 Å². The van der Waals surface area contributed by atoms with Crippen molar-refractivity contribution in [1.29, 1.82) is 0 Å². The lowest BCUT2D eigenvalue weighted by Crippen LogP contribution is -2.41. The van der Waals surface area contributed by atoms with Gasteiger partial charge in [0, 0.05) is 43.5 Å². The lowest BCUT2D eigenvalue weighted by molar-refractivity contribution is 0.0294. The fourth-order valence-corrected chi connectivity index (χ4v) is 3.51. The van der Waals surface area contributed by atoms with E-state index >= 15 is 0 Å². The van der Waals surface area contributed by atoms with Gasteiger partial charge in [0.15, 0.2) is 11.5 Å². The second kappa shape index (κ2) is 8.66. The molecule has 0 unspecified atom stereocenters. The fraction of sp³-hybridized carbons (Fsp3) is 0.474. The molecule has 0 atom stereocenters. The molecule has 2 aliphatic rings. The number of carbonyl (C=O) groups excluding carboxylic acids is 2. The number of morpholine rings is 1. The molecule has 4 rings (SSSR count). The van der Waals surface area contributed by atoms with Crippen LogP contribution in [-0.2, 0) is 29.0 Å². The van der Waals surface area contributed by atoms with Crippen LogP contribution in [0, 0.1) is 5.82 Å². The van der Waals surface area contributed by atoms with Gasteiger partial charge in [-0.3, -0.25) is 19.3 Å². The standard InChI is InChI=1S/C19H22FN5O4/c20-15-11-21-3-1-13(15)18(26)22-4-5-25-16-2-8-29-12-14(16)17(23-25)19(27)24-6-9-28-10-7-24/h1,3,11H,2,4-10,12H2,(H,22,26). The van der Waals surface area contributed by atoms with Crippen LogP contribution in [0.1, 0.15) is 32.1 Å². The van der Waals surface area contributed by atoms with E-state index in [0.717, 1.165) is 17.5 Å². The summed E-state index contributed by atoms with van der Waals surface area (Å²) in [4.78, 5) is 30.4. The Balaban J connectivity index is 1.46. The van der Waals surface area contributed by atoms with Crippen molar-refractivity contribution in [3.8, 4) is 0 Å². The summed E-state index contributed by atoms with van der Waals surface area (Å²) < 4.78 is 26.3. The maximum atomic E-state index is 13.7. The number of halogens is 1. The normalized spacial score (nSPS) is 16.4. The molecule has 0 radical (unpaired) electrons. The maximum absolute atomic E-state index is 13.7. The SMILES string of the molecule is O=C(NCCn1nc(C(=O)N2CCOCC2)c2c1CCOC2)c1ccncc1F. The molecule has 0 aliphatic carbocycles. The van der Waals surface area contributed by atoms with E-state index in [2.05, 4.69) is 15.4 Å². The second-order valence-electron chi connectivity index (χ2n) is 6.82. The molecule has 0 bridgehead atoms. The number of hydrogen-bond acceptors (Lipinski definition) is 6. The van der Waals surface area contributed by atoms with Gasteiger partial charge in [-0.2, -0.15) is 5.10 Å². The topological polar surface area (TPSA) is 98.6 Å². The number of nitrogens with one attached hydrogen (secondary N) is 1. The monoisotopic (exact) mass is 403 g/mol. The minimum absolute atomic E-state index is 0.0564. The smallest absolute Gasteiger partial charge is 0.274 e. The van der Waals surface area contributed by atoms with Gasteiger partial charge < -0.3 is 19.7 Å². The van der Waals surface area contributed by atoms with E-state index in [1.807, 2.05) is 0 Å². The van der Waals surface area contributed by atoms with Gasteiger partial charge >= 0.3 is 0 Å². The Hall–Kier alpha value is -2.85. The molecule has 1 fully saturated rings. The number of rotatable bonds is 5. The molecular weight excluding hydrogens is 381 g/mol. The average molecular weight is 403 g/mol. The van der Waals surface area contributed by atoms with Gasteiger partial charge in [-0.25, -0.2) is 4.39 Å². The van der Waals surface area contributed by atoms with Gasteiger partial charge in [-0.05, 0) is 6.07 Å². The zero-order chi connectivity index (χ0) is 20.2. The van der Waals surface area contributed by atoms with Crippen LogP contribution in [0.3, 0.4) is 0 Å². The summed E-state index contributed by atoms with van der Waals surface area (Å²) in [6.45, 7) is 3.63. The predicted octanol–water partition coefficient (Wildman–Crippen LogP) is 0.392. The number of pyridine rings is 1. The van der Waals surface area contributed by atoms with E-state index in [0.29, 0.717) is 58.2 Å². The molecule has 154 valence electrons. The third-order valence-corrected chi connectivity index (χ3v) is 5.02. The first-order chi connectivity index (χ1) is 14.1. The molecule has 0 aromatic carbocycles. The zero-order valence-corrected chi connectivity index (χ0v) is 15.9. The average Bonchev–Trinajstić information content (AvgIpc) is 3.13. The fourth-order valence-electron chi connectivity index (χ4n) is 3.51. The van der Waals surface area contributed by atoms with Crippen molar-refractivity contribution in [3.05, 3.63) is 46.8 Å². The molecule has 2 amide bonds. The third-order valence-electron chi connectivity index (χ3n) is 5.02. The molecule has 1 saturated heterocycles. The number of aromatic nitrogens is 3. The van der Waals surface area contributed by atoms with Crippen LogP contribution in [0.15, 0.2) is 18.5 Å². The molecule has 4 heterocycles. The van der Waals surface area contributed by atoms with E-state index in [-0.39, 0.29) is 18.0 Å². The largest absolute Gasteiger partial charge is 0.378 e. The first-order valence-electron chi connectivity index (χ1n) is 9.56. The van der Waals surface area contributed by atoms with Crippen molar-refractivity contribution >= 4 is 11.8 Å². The summed E-state index contributed by atoms with van der Waals surface area (Å²) >= 11 is 0. The number of amides is 2. The summed E-state index contributed by atoms with van der Waals surface area (Å²) in [5.74, 6) is -1.31. The molecular formula is C19H22FN5O4. The summed E-state index contributed by atoms with van der Waals surface area (Å²) in [6, 6.07) is 1.33. The van der Waals surface area contributed by atoms with Gasteiger partial charge in [0.25, 0.3) is 11.8 Å². The van der Waals surface area contributed by atoms with Crippen molar-refractivity contribution in [2.75, 3.05) is 39.5 Å². The molecule has 2 aromatic rings. The lowest BCUT2D eigenvalue weighted by atomic mass is 10.1. The van der Waals surface area contributed by atoms with Crippen LogP contribution < -0.4 is 5.32 Å². The van der Waals surface area contributed by atoms with Gasteiger partial charge in [-0.1, -0.05) is 0 Å². The minimum atomic E-state index is -0.669. The first kappa shape index (κ1) is 19.5. The number of nitrogens with zero attached hydrogens (tertiary/aromatic N) is 4. The zero-order valence-electron chi connectivity index (χ0n) is 15.9. The quantitative estimate of drug-likeness (QED) is 0.776.